The fourth-order valence-electron chi connectivity index (χ4n) is 6.26. The first-order valence-electron chi connectivity index (χ1n) is 16.2. The van der Waals surface area contributed by atoms with E-state index in [4.69, 9.17) is 0 Å². The Morgan fingerprint density at radius 2 is 1.24 bits per heavy atom. The van der Waals surface area contributed by atoms with E-state index in [0.717, 1.165) is 35.6 Å². The van der Waals surface area contributed by atoms with Gasteiger partial charge in [-0.15, -0.1) is 0 Å². The fourth-order valence-corrected chi connectivity index (χ4v) is 6.26. The lowest BCUT2D eigenvalue weighted by molar-refractivity contribution is 0.583. The predicted molar refractivity (Wildman–Crippen MR) is 198 cm³/mol. The molecule has 5 aromatic rings. The van der Waals surface area contributed by atoms with Crippen LogP contribution in [0.3, 0.4) is 0 Å². The molecule has 0 aromatic heterocycles. The van der Waals surface area contributed by atoms with Crippen molar-refractivity contribution in [1.29, 1.82) is 0 Å². The topological polar surface area (TPSA) is 39.3 Å². The maximum absolute atomic E-state index is 4.44. The highest BCUT2D eigenvalue weighted by Crippen LogP contribution is 2.51. The maximum Gasteiger partial charge on any atom is 0.0629 e. The Labute approximate surface area is 275 Å². The molecule has 0 saturated carbocycles. The minimum Gasteiger partial charge on any atom is -0.356 e. The van der Waals surface area contributed by atoms with Crippen LogP contribution in [-0.2, 0) is 11.8 Å². The second kappa shape index (κ2) is 14.9. The molecule has 0 atom stereocenters. The van der Waals surface area contributed by atoms with E-state index in [1.165, 1.54) is 39.0 Å². The highest BCUT2D eigenvalue weighted by Gasteiger charge is 2.36. The molecule has 0 bridgehead atoms. The summed E-state index contributed by atoms with van der Waals surface area (Å²) in [6.07, 6.45) is 4.04. The van der Waals surface area contributed by atoms with E-state index in [1.54, 1.807) is 0 Å². The van der Waals surface area contributed by atoms with Gasteiger partial charge in [-0.1, -0.05) is 137 Å². The quantitative estimate of drug-likeness (QED) is 0.174. The molecule has 0 radical (unpaired) electrons. The van der Waals surface area contributed by atoms with Gasteiger partial charge in [-0.25, -0.2) is 5.43 Å². The molecule has 1 aliphatic carbocycles. The number of allylic oxidation sites excluding steroid dienone is 2. The van der Waals surface area contributed by atoms with Crippen molar-refractivity contribution in [2.24, 2.45) is 0 Å². The molecule has 4 nitrogen and oxygen atoms in total. The number of nitrogens with zero attached hydrogens (tertiary/aromatic N) is 1. The number of fused-ring (bicyclic) bond motifs is 4. The van der Waals surface area contributed by atoms with Gasteiger partial charge in [0.15, 0.2) is 0 Å². The SMILES string of the molecule is C=C1C/C(c2ccccc2)=C\Cc2cc3c(cc2N1NNC)-c1ccccc1C3(C)C.CC.c1ccc(Nc2ccccc2)cc1. The highest BCUT2D eigenvalue weighted by atomic mass is 15.7. The summed E-state index contributed by atoms with van der Waals surface area (Å²) in [6, 6.07) is 44.5. The third kappa shape index (κ3) is 6.99. The molecule has 1 aliphatic heterocycles. The minimum atomic E-state index is -0.00638. The smallest absolute Gasteiger partial charge is 0.0629 e. The zero-order valence-corrected chi connectivity index (χ0v) is 27.8. The molecule has 46 heavy (non-hydrogen) atoms. The van der Waals surface area contributed by atoms with E-state index in [2.05, 4.69) is 115 Å². The first kappa shape index (κ1) is 32.5. The number of hydrogen-bond donors (Lipinski definition) is 3. The fraction of sp³-hybridized carbons (Fsp3) is 0.190. The van der Waals surface area contributed by atoms with Crippen LogP contribution in [0.5, 0.6) is 0 Å². The number of hydrazine groups is 2. The summed E-state index contributed by atoms with van der Waals surface area (Å²) in [6.45, 7) is 13.1. The van der Waals surface area contributed by atoms with E-state index >= 15 is 0 Å². The first-order valence-corrected chi connectivity index (χ1v) is 16.2. The van der Waals surface area contributed by atoms with Gasteiger partial charge in [-0.2, -0.15) is 5.53 Å². The van der Waals surface area contributed by atoms with Crippen LogP contribution < -0.4 is 21.3 Å². The highest BCUT2D eigenvalue weighted by molar-refractivity contribution is 5.85. The monoisotopic (exact) mass is 606 g/mol. The molecule has 4 heteroatoms. The van der Waals surface area contributed by atoms with Crippen LogP contribution in [0.4, 0.5) is 17.1 Å². The van der Waals surface area contributed by atoms with Gasteiger partial charge in [-0.05, 0) is 75.7 Å². The summed E-state index contributed by atoms with van der Waals surface area (Å²) in [5, 5.41) is 5.41. The summed E-state index contributed by atoms with van der Waals surface area (Å²) in [5.41, 5.74) is 20.2. The molecule has 0 spiro atoms. The van der Waals surface area contributed by atoms with Crippen molar-refractivity contribution in [3.05, 3.63) is 168 Å². The van der Waals surface area contributed by atoms with E-state index < -0.39 is 0 Å². The molecule has 0 fully saturated rings. The van der Waals surface area contributed by atoms with Gasteiger partial charge in [0.2, 0.25) is 0 Å². The molecule has 0 unspecified atom stereocenters. The lowest BCUT2D eigenvalue weighted by Gasteiger charge is -2.32. The average molecular weight is 607 g/mol. The van der Waals surface area contributed by atoms with Gasteiger partial charge in [-0.3, -0.25) is 5.01 Å². The Morgan fingerprint density at radius 1 is 0.674 bits per heavy atom. The predicted octanol–water partition coefficient (Wildman–Crippen LogP) is 10.4. The summed E-state index contributed by atoms with van der Waals surface area (Å²) >= 11 is 0. The Balaban J connectivity index is 0.000000232. The van der Waals surface area contributed by atoms with Crippen LogP contribution in [0.1, 0.15) is 56.4 Å². The number of nitrogens with one attached hydrogen (secondary N) is 3. The van der Waals surface area contributed by atoms with E-state index in [1.807, 2.05) is 81.6 Å². The van der Waals surface area contributed by atoms with Gasteiger partial charge < -0.3 is 5.32 Å². The van der Waals surface area contributed by atoms with Crippen LogP contribution in [-0.4, -0.2) is 7.05 Å². The second-order valence-corrected chi connectivity index (χ2v) is 11.8. The number of benzene rings is 5. The van der Waals surface area contributed by atoms with Crippen molar-refractivity contribution in [2.45, 2.75) is 46.0 Å². The average Bonchev–Trinajstić information content (AvgIpc) is 3.32. The van der Waals surface area contributed by atoms with E-state index in [-0.39, 0.29) is 5.41 Å². The van der Waals surface area contributed by atoms with Crippen molar-refractivity contribution in [2.75, 3.05) is 17.4 Å². The number of para-hydroxylation sites is 2. The molecule has 2 aliphatic rings. The Morgan fingerprint density at radius 3 is 1.85 bits per heavy atom. The van der Waals surface area contributed by atoms with Gasteiger partial charge >= 0.3 is 0 Å². The molecule has 1 heterocycles. The van der Waals surface area contributed by atoms with Crippen LogP contribution >= 0.6 is 0 Å². The summed E-state index contributed by atoms with van der Waals surface area (Å²) in [7, 11) is 1.89. The van der Waals surface area contributed by atoms with E-state index in [0.29, 0.717) is 0 Å². The van der Waals surface area contributed by atoms with Gasteiger partial charge in [0, 0.05) is 36.0 Å². The Hall–Kier alpha value is -4.90. The van der Waals surface area contributed by atoms with Crippen LogP contribution in [0, 0.1) is 0 Å². The third-order valence-electron chi connectivity index (χ3n) is 8.51. The lowest BCUT2D eigenvalue weighted by atomic mass is 9.81. The maximum atomic E-state index is 4.44. The minimum absolute atomic E-state index is 0.00638. The molecule has 0 saturated heterocycles. The van der Waals surface area contributed by atoms with Crippen molar-refractivity contribution >= 4 is 22.6 Å². The van der Waals surface area contributed by atoms with Crippen molar-refractivity contribution in [1.82, 2.24) is 11.0 Å². The van der Waals surface area contributed by atoms with Crippen LogP contribution in [0.25, 0.3) is 16.7 Å². The van der Waals surface area contributed by atoms with Gasteiger partial charge in [0.25, 0.3) is 0 Å². The molecular formula is C42H46N4. The zero-order chi connectivity index (χ0) is 32.5. The molecule has 5 aromatic carbocycles. The van der Waals surface area contributed by atoms with Crippen molar-refractivity contribution in [3.8, 4) is 11.1 Å². The molecule has 7 rings (SSSR count). The number of rotatable bonds is 5. The van der Waals surface area contributed by atoms with Crippen LogP contribution in [0.15, 0.2) is 146 Å². The van der Waals surface area contributed by atoms with Gasteiger partial charge in [0.05, 0.1) is 5.69 Å². The van der Waals surface area contributed by atoms with Crippen molar-refractivity contribution in [3.63, 3.8) is 0 Å². The summed E-state index contributed by atoms with van der Waals surface area (Å²) in [4.78, 5) is 0. The zero-order valence-electron chi connectivity index (χ0n) is 27.8. The van der Waals surface area contributed by atoms with Crippen LogP contribution in [0.2, 0.25) is 0 Å². The summed E-state index contributed by atoms with van der Waals surface area (Å²) in [5.74, 6) is 0. The largest absolute Gasteiger partial charge is 0.356 e. The second-order valence-electron chi connectivity index (χ2n) is 11.8. The Kier molecular flexibility index (Phi) is 10.5. The third-order valence-corrected chi connectivity index (χ3v) is 8.51. The van der Waals surface area contributed by atoms with Gasteiger partial charge in [0.1, 0.15) is 0 Å². The molecular weight excluding hydrogens is 560 g/mol. The Bertz CT molecular complexity index is 1740. The normalized spacial score (nSPS) is 15.2. The molecule has 3 N–H and O–H groups in total. The van der Waals surface area contributed by atoms with E-state index in [9.17, 15) is 0 Å². The molecule has 234 valence electrons. The number of hydrogen-bond acceptors (Lipinski definition) is 4. The standard InChI is InChI=1S/C28H29N3.C12H11N.C2H6/c1-19-16-21(20-10-6-5-7-11-20)14-15-22-17-26-24(18-27(22)31(19)30-29-4)23-12-8-9-13-25(23)28(26,2)3;1-3-7-11(8-4-1)13-12-9-5-2-6-10-12;1-2/h5-14,17-18,29-30H,1,15-16H2,2-4H3;1-10,13H;1-2H3/b21-14+;;. The molecule has 0 amide bonds. The first-order chi connectivity index (χ1) is 22.5. The lowest BCUT2D eigenvalue weighted by Crippen LogP contribution is -2.45. The number of anilines is 3. The van der Waals surface area contributed by atoms with Crippen molar-refractivity contribution < 1.29 is 0 Å². The summed E-state index contributed by atoms with van der Waals surface area (Å²) < 4.78 is 0.